The van der Waals surface area contributed by atoms with E-state index in [2.05, 4.69) is 25.1 Å². The van der Waals surface area contributed by atoms with Crippen LogP contribution in [0.2, 0.25) is 0 Å². The molecule has 0 atom stereocenters. The number of amides is 1. The van der Waals surface area contributed by atoms with Gasteiger partial charge in [-0.25, -0.2) is 9.97 Å². The van der Waals surface area contributed by atoms with E-state index in [0.29, 0.717) is 13.1 Å². The van der Waals surface area contributed by atoms with Crippen LogP contribution >= 0.6 is 11.3 Å². The van der Waals surface area contributed by atoms with Crippen molar-refractivity contribution in [2.75, 3.05) is 31.1 Å². The highest BCUT2D eigenvalue weighted by Gasteiger charge is 2.24. The lowest BCUT2D eigenvalue weighted by Crippen LogP contribution is -2.49. The van der Waals surface area contributed by atoms with Gasteiger partial charge in [0.1, 0.15) is 12.1 Å². The van der Waals surface area contributed by atoms with Gasteiger partial charge in [0, 0.05) is 26.2 Å². The Bertz CT molecular complexity index is 791. The molecule has 0 spiro atoms. The van der Waals surface area contributed by atoms with E-state index in [1.807, 2.05) is 22.4 Å². The molecule has 3 aromatic rings. The first-order chi connectivity index (χ1) is 10.8. The summed E-state index contributed by atoms with van der Waals surface area (Å²) in [6.45, 7) is 2.91. The number of anilines is 1. The smallest absolute Gasteiger partial charge is 0.264 e. The molecule has 1 N–H and O–H groups in total. The second-order valence-corrected chi connectivity index (χ2v) is 6.03. The van der Waals surface area contributed by atoms with Crippen LogP contribution in [0.5, 0.6) is 0 Å². The summed E-state index contributed by atoms with van der Waals surface area (Å²) >= 11 is 1.49. The van der Waals surface area contributed by atoms with Gasteiger partial charge < -0.3 is 9.80 Å². The lowest BCUT2D eigenvalue weighted by atomic mass is 10.2. The average molecular weight is 314 g/mol. The summed E-state index contributed by atoms with van der Waals surface area (Å²) in [5, 5.41) is 9.72. The first kappa shape index (κ1) is 13.2. The first-order valence-corrected chi connectivity index (χ1v) is 7.93. The van der Waals surface area contributed by atoms with Gasteiger partial charge in [0.05, 0.1) is 16.5 Å². The third kappa shape index (κ3) is 2.21. The molecular formula is C14H14N6OS. The number of carbonyl (C=O) groups is 1. The molecule has 0 saturated carbocycles. The number of thiophene rings is 1. The minimum Gasteiger partial charge on any atom is -0.352 e. The molecule has 1 aliphatic rings. The molecular weight excluding hydrogens is 300 g/mol. The largest absolute Gasteiger partial charge is 0.352 e. The molecule has 0 aromatic carbocycles. The van der Waals surface area contributed by atoms with Crippen LogP contribution in [0, 0.1) is 0 Å². The molecule has 112 valence electrons. The molecule has 8 heteroatoms. The van der Waals surface area contributed by atoms with Crippen LogP contribution in [0.4, 0.5) is 5.82 Å². The third-order valence-corrected chi connectivity index (χ3v) is 4.68. The van der Waals surface area contributed by atoms with Crippen LogP contribution in [0.15, 0.2) is 30.0 Å². The zero-order chi connectivity index (χ0) is 14.9. The van der Waals surface area contributed by atoms with Crippen molar-refractivity contribution >= 4 is 34.1 Å². The van der Waals surface area contributed by atoms with Crippen molar-refractivity contribution in [3.63, 3.8) is 0 Å². The highest BCUT2D eigenvalue weighted by molar-refractivity contribution is 7.12. The van der Waals surface area contributed by atoms with E-state index in [-0.39, 0.29) is 5.91 Å². The van der Waals surface area contributed by atoms with Crippen molar-refractivity contribution in [2.24, 2.45) is 0 Å². The molecule has 1 saturated heterocycles. The Morgan fingerprint density at radius 3 is 2.86 bits per heavy atom. The number of hydrogen-bond acceptors (Lipinski definition) is 6. The quantitative estimate of drug-likeness (QED) is 0.773. The molecule has 1 fully saturated rings. The van der Waals surface area contributed by atoms with E-state index >= 15 is 0 Å². The molecule has 7 nitrogen and oxygen atoms in total. The van der Waals surface area contributed by atoms with Crippen molar-refractivity contribution in [3.8, 4) is 0 Å². The number of rotatable bonds is 2. The maximum Gasteiger partial charge on any atom is 0.264 e. The monoisotopic (exact) mass is 314 g/mol. The molecule has 4 heterocycles. The van der Waals surface area contributed by atoms with Crippen molar-refractivity contribution in [2.45, 2.75) is 0 Å². The van der Waals surface area contributed by atoms with E-state index < -0.39 is 0 Å². The molecule has 22 heavy (non-hydrogen) atoms. The Balaban J connectivity index is 1.50. The summed E-state index contributed by atoms with van der Waals surface area (Å²) < 4.78 is 0. The number of nitrogens with zero attached hydrogens (tertiary/aromatic N) is 5. The molecule has 0 bridgehead atoms. The van der Waals surface area contributed by atoms with E-state index in [1.54, 1.807) is 12.5 Å². The van der Waals surface area contributed by atoms with E-state index in [4.69, 9.17) is 0 Å². The maximum atomic E-state index is 12.4. The molecule has 0 radical (unpaired) electrons. The topological polar surface area (TPSA) is 78.0 Å². The summed E-state index contributed by atoms with van der Waals surface area (Å²) in [5.74, 6) is 0.993. The molecule has 0 unspecified atom stereocenters. The lowest BCUT2D eigenvalue weighted by Gasteiger charge is -2.35. The van der Waals surface area contributed by atoms with Gasteiger partial charge in [0.2, 0.25) is 0 Å². The van der Waals surface area contributed by atoms with Gasteiger partial charge in [0.25, 0.3) is 5.91 Å². The van der Waals surface area contributed by atoms with Gasteiger partial charge in [-0.05, 0) is 11.4 Å². The van der Waals surface area contributed by atoms with Crippen LogP contribution in [-0.2, 0) is 0 Å². The van der Waals surface area contributed by atoms with Gasteiger partial charge in [0.15, 0.2) is 5.65 Å². The van der Waals surface area contributed by atoms with Gasteiger partial charge in [-0.3, -0.25) is 9.89 Å². The average Bonchev–Trinajstić information content (AvgIpc) is 3.25. The second kappa shape index (κ2) is 5.38. The number of fused-ring (bicyclic) bond motifs is 1. The summed E-state index contributed by atoms with van der Waals surface area (Å²) in [6, 6.07) is 3.78. The van der Waals surface area contributed by atoms with Crippen LogP contribution in [-0.4, -0.2) is 57.2 Å². The van der Waals surface area contributed by atoms with Gasteiger partial charge in [-0.2, -0.15) is 5.10 Å². The number of carbonyl (C=O) groups excluding carboxylic acids is 1. The predicted molar refractivity (Wildman–Crippen MR) is 84.1 cm³/mol. The Hall–Kier alpha value is -2.48. The number of aromatic amines is 1. The highest BCUT2D eigenvalue weighted by Crippen LogP contribution is 2.22. The normalized spacial score (nSPS) is 15.5. The SMILES string of the molecule is O=C(c1cccs1)N1CCN(c2ncnc3[nH]ncc23)CC1. The molecule has 1 aliphatic heterocycles. The second-order valence-electron chi connectivity index (χ2n) is 5.09. The van der Waals surface area contributed by atoms with E-state index in [1.165, 1.54) is 11.3 Å². The van der Waals surface area contributed by atoms with Gasteiger partial charge >= 0.3 is 0 Å². The summed E-state index contributed by atoms with van der Waals surface area (Å²) in [5.41, 5.74) is 0.738. The summed E-state index contributed by atoms with van der Waals surface area (Å²) in [4.78, 5) is 25.8. The zero-order valence-electron chi connectivity index (χ0n) is 11.8. The van der Waals surface area contributed by atoms with Crippen molar-refractivity contribution < 1.29 is 4.79 Å². The van der Waals surface area contributed by atoms with Gasteiger partial charge in [-0.15, -0.1) is 11.3 Å². The predicted octanol–water partition coefficient (Wildman–Crippen LogP) is 1.38. The molecule has 4 rings (SSSR count). The number of H-pyrrole nitrogens is 1. The minimum absolute atomic E-state index is 0.116. The third-order valence-electron chi connectivity index (χ3n) is 3.83. The fourth-order valence-corrected chi connectivity index (χ4v) is 3.37. The number of aromatic nitrogens is 4. The summed E-state index contributed by atoms with van der Waals surface area (Å²) in [6.07, 6.45) is 3.28. The number of hydrogen-bond donors (Lipinski definition) is 1. The van der Waals surface area contributed by atoms with Crippen molar-refractivity contribution in [1.29, 1.82) is 0 Å². The maximum absolute atomic E-state index is 12.4. The first-order valence-electron chi connectivity index (χ1n) is 7.05. The highest BCUT2D eigenvalue weighted by atomic mass is 32.1. The molecule has 1 amide bonds. The lowest BCUT2D eigenvalue weighted by molar-refractivity contribution is 0.0751. The van der Waals surface area contributed by atoms with E-state index in [0.717, 1.165) is 34.8 Å². The van der Waals surface area contributed by atoms with Gasteiger partial charge in [-0.1, -0.05) is 6.07 Å². The van der Waals surface area contributed by atoms with Crippen molar-refractivity contribution in [3.05, 3.63) is 34.9 Å². The Kier molecular flexibility index (Phi) is 3.23. The summed E-state index contributed by atoms with van der Waals surface area (Å²) in [7, 11) is 0. The van der Waals surface area contributed by atoms with Crippen LogP contribution < -0.4 is 4.90 Å². The Morgan fingerprint density at radius 1 is 1.23 bits per heavy atom. The van der Waals surface area contributed by atoms with Crippen LogP contribution in [0.25, 0.3) is 11.0 Å². The standard InChI is InChI=1S/C14H14N6OS/c21-14(11-2-1-7-22-11)20-5-3-19(4-6-20)13-10-8-17-18-12(10)15-9-16-13/h1-2,7-9H,3-6H2,(H,15,16,17,18). The van der Waals surface area contributed by atoms with Crippen molar-refractivity contribution in [1.82, 2.24) is 25.1 Å². The van der Waals surface area contributed by atoms with E-state index in [9.17, 15) is 4.79 Å². The van der Waals surface area contributed by atoms with Crippen LogP contribution in [0.3, 0.4) is 0 Å². The fourth-order valence-electron chi connectivity index (χ4n) is 2.68. The number of piperazine rings is 1. The fraction of sp³-hybridized carbons (Fsp3) is 0.286. The Morgan fingerprint density at radius 2 is 2.09 bits per heavy atom. The minimum atomic E-state index is 0.116. The Labute approximate surface area is 130 Å². The molecule has 0 aliphatic carbocycles. The zero-order valence-corrected chi connectivity index (χ0v) is 12.6. The number of nitrogens with one attached hydrogen (secondary N) is 1. The van der Waals surface area contributed by atoms with Crippen LogP contribution in [0.1, 0.15) is 9.67 Å². The molecule has 3 aromatic heterocycles.